The van der Waals surface area contributed by atoms with Crippen molar-refractivity contribution in [1.29, 1.82) is 0 Å². The molecule has 0 saturated heterocycles. The molecule has 0 atom stereocenters. The molecule has 2 heterocycles. The van der Waals surface area contributed by atoms with Gasteiger partial charge in [-0.1, -0.05) is 18.2 Å². The summed E-state index contributed by atoms with van der Waals surface area (Å²) in [6, 6.07) is 12.3. The zero-order valence-corrected chi connectivity index (χ0v) is 19.3. The average Bonchev–Trinajstić information content (AvgIpc) is 3.43. The van der Waals surface area contributed by atoms with E-state index in [-0.39, 0.29) is 24.9 Å². The first-order chi connectivity index (χ1) is 16.6. The largest absolute Gasteiger partial charge is 0.478 e. The van der Waals surface area contributed by atoms with Crippen LogP contribution in [0.5, 0.6) is 0 Å². The van der Waals surface area contributed by atoms with Crippen LogP contribution in [0.3, 0.4) is 0 Å². The predicted octanol–water partition coefficient (Wildman–Crippen LogP) is 5.93. The Hall–Kier alpha value is -4.19. The number of nitrogens with zero attached hydrogens (tertiary/aromatic N) is 4. The number of alkyl halides is 3. The van der Waals surface area contributed by atoms with E-state index in [0.717, 1.165) is 6.07 Å². The monoisotopic (exact) mass is 516 g/mol. The third-order valence-electron chi connectivity index (χ3n) is 5.40. The Morgan fingerprint density at radius 2 is 1.78 bits per heavy atom. The van der Waals surface area contributed by atoms with Gasteiger partial charge in [0.1, 0.15) is 23.2 Å². The van der Waals surface area contributed by atoms with Crippen LogP contribution in [0, 0.1) is 5.82 Å². The highest BCUT2D eigenvalue weighted by molar-refractivity contribution is 7.59. The van der Waals surface area contributed by atoms with Gasteiger partial charge in [-0.3, -0.25) is 0 Å². The van der Waals surface area contributed by atoms with E-state index in [4.69, 9.17) is 4.42 Å². The summed E-state index contributed by atoms with van der Waals surface area (Å²) in [5.74, 6) is -1.70. The van der Waals surface area contributed by atoms with Crippen LogP contribution in [-0.2, 0) is 13.2 Å². The molecule has 0 spiro atoms. The Labute approximate surface area is 207 Å². The number of rotatable bonds is 4. The van der Waals surface area contributed by atoms with Gasteiger partial charge in [-0.05, 0) is 47.5 Å². The number of carboxylic acid groups (broad SMARTS) is 1. The number of hydrogen-bond acceptors (Lipinski definition) is 5. The molecule has 2 aromatic heterocycles. The Morgan fingerprint density at radius 1 is 1.03 bits per heavy atom. The molecule has 0 radical (unpaired) electrons. The topological polar surface area (TPSA) is 94.0 Å². The Kier molecular flexibility index (Phi) is 6.31. The van der Waals surface area contributed by atoms with Gasteiger partial charge in [-0.15, -0.1) is 10.2 Å². The van der Waals surface area contributed by atoms with Crippen molar-refractivity contribution in [2.24, 2.45) is 7.05 Å². The molecular formula is C24H16F4N4O3S. The summed E-state index contributed by atoms with van der Waals surface area (Å²) in [5, 5.41) is 17.1. The van der Waals surface area contributed by atoms with Crippen molar-refractivity contribution >= 4 is 30.6 Å². The van der Waals surface area contributed by atoms with Crippen LogP contribution in [0.25, 0.3) is 45.1 Å². The van der Waals surface area contributed by atoms with Crippen LogP contribution in [0.1, 0.15) is 15.9 Å². The lowest BCUT2D eigenvalue weighted by Crippen LogP contribution is -2.08. The maximum absolute atomic E-state index is 14.1. The highest BCUT2D eigenvalue weighted by atomic mass is 32.1. The lowest BCUT2D eigenvalue weighted by atomic mass is 9.97. The fourth-order valence-electron chi connectivity index (χ4n) is 3.79. The molecule has 3 aromatic carbocycles. The summed E-state index contributed by atoms with van der Waals surface area (Å²) in [5.41, 5.74) is -0.580. The fraction of sp³-hybridized carbons (Fsp3) is 0.0833. The molecule has 5 rings (SSSR count). The maximum atomic E-state index is 14.1. The van der Waals surface area contributed by atoms with Gasteiger partial charge in [-0.25, -0.2) is 14.2 Å². The van der Waals surface area contributed by atoms with Crippen LogP contribution in [0.4, 0.5) is 17.6 Å². The highest BCUT2D eigenvalue weighted by Crippen LogP contribution is 2.39. The summed E-state index contributed by atoms with van der Waals surface area (Å²) in [7, 11) is 1.71. The molecule has 12 heteroatoms. The molecule has 0 aliphatic rings. The second-order valence-electron chi connectivity index (χ2n) is 7.73. The molecule has 0 aliphatic carbocycles. The molecule has 0 saturated carbocycles. The van der Waals surface area contributed by atoms with Crippen LogP contribution < -0.4 is 0 Å². The third-order valence-corrected chi connectivity index (χ3v) is 5.40. The van der Waals surface area contributed by atoms with Crippen LogP contribution >= 0.6 is 13.5 Å². The Morgan fingerprint density at radius 3 is 2.44 bits per heavy atom. The fourth-order valence-corrected chi connectivity index (χ4v) is 3.79. The summed E-state index contributed by atoms with van der Waals surface area (Å²) >= 11 is 0. The molecule has 0 aliphatic heterocycles. The number of aromatic carboxylic acids is 1. The number of aryl methyl sites for hydroxylation is 1. The van der Waals surface area contributed by atoms with Gasteiger partial charge in [0, 0.05) is 18.2 Å². The van der Waals surface area contributed by atoms with E-state index in [1.54, 1.807) is 41.9 Å². The smallest absolute Gasteiger partial charge is 0.420 e. The van der Waals surface area contributed by atoms with E-state index >= 15 is 0 Å². The molecule has 1 N–H and O–H groups in total. The summed E-state index contributed by atoms with van der Waals surface area (Å²) in [6.07, 6.45) is -3.37. The number of halogens is 4. The predicted molar refractivity (Wildman–Crippen MR) is 127 cm³/mol. The van der Waals surface area contributed by atoms with Crippen molar-refractivity contribution in [3.05, 3.63) is 77.9 Å². The van der Waals surface area contributed by atoms with Gasteiger partial charge in [0.25, 0.3) is 0 Å². The molecule has 36 heavy (non-hydrogen) atoms. The van der Waals surface area contributed by atoms with Crippen molar-refractivity contribution in [2.45, 2.75) is 6.18 Å². The first kappa shape index (κ1) is 24.9. The lowest BCUT2D eigenvalue weighted by Gasteiger charge is -2.10. The van der Waals surface area contributed by atoms with Gasteiger partial charge >= 0.3 is 12.1 Å². The van der Waals surface area contributed by atoms with Crippen molar-refractivity contribution in [3.8, 4) is 34.0 Å². The van der Waals surface area contributed by atoms with Gasteiger partial charge in [0.05, 0.1) is 5.56 Å². The Balaban J connectivity index is 0.00000304. The van der Waals surface area contributed by atoms with Gasteiger partial charge in [-0.2, -0.15) is 26.7 Å². The van der Waals surface area contributed by atoms with E-state index in [9.17, 15) is 27.5 Å². The van der Waals surface area contributed by atoms with Gasteiger partial charge < -0.3 is 14.1 Å². The maximum Gasteiger partial charge on any atom is 0.420 e. The van der Waals surface area contributed by atoms with E-state index in [0.29, 0.717) is 34.1 Å². The van der Waals surface area contributed by atoms with E-state index < -0.39 is 34.7 Å². The second kappa shape index (κ2) is 9.11. The number of benzene rings is 3. The minimum absolute atomic E-state index is 0. The molecular weight excluding hydrogens is 500 g/mol. The second-order valence-corrected chi connectivity index (χ2v) is 7.73. The molecule has 0 bridgehead atoms. The number of hydrogen-bond donors (Lipinski definition) is 1. The van der Waals surface area contributed by atoms with Crippen LogP contribution in [0.15, 0.2) is 65.3 Å². The number of oxazole rings is 1. The third kappa shape index (κ3) is 4.42. The first-order valence-electron chi connectivity index (χ1n) is 10.1. The quantitative estimate of drug-likeness (QED) is 0.298. The summed E-state index contributed by atoms with van der Waals surface area (Å²) < 4.78 is 61.9. The van der Waals surface area contributed by atoms with Crippen LogP contribution in [-0.4, -0.2) is 30.8 Å². The molecule has 7 nitrogen and oxygen atoms in total. The Bertz CT molecular complexity index is 1610. The summed E-state index contributed by atoms with van der Waals surface area (Å²) in [4.78, 5) is 15.4. The van der Waals surface area contributed by atoms with Crippen molar-refractivity contribution in [2.75, 3.05) is 0 Å². The number of carbonyl (C=O) groups is 1. The molecule has 0 unspecified atom stereocenters. The van der Waals surface area contributed by atoms with Gasteiger partial charge in [0.15, 0.2) is 11.4 Å². The van der Waals surface area contributed by atoms with Gasteiger partial charge in [0.2, 0.25) is 5.89 Å². The SMILES string of the molecule is Cn1cnnc1-c1cc(F)ccc1-c1cccc(-c2nc3cc(C(=O)O)cc(C(F)(F)F)c3o2)c1.S. The average molecular weight is 516 g/mol. The minimum atomic E-state index is -4.85. The standard InChI is InChI=1S/C24H14F4N4O3.H2S/c1-32-11-29-31-21(32)17-10-15(25)5-6-16(17)12-3-2-4-13(7-12)22-30-19-9-14(23(33)34)8-18(20(19)35-22)24(26,27)28;/h2-11H,1H3,(H,33,34);1H2. The molecule has 0 fully saturated rings. The molecule has 184 valence electrons. The number of fused-ring (bicyclic) bond motifs is 1. The zero-order valence-electron chi connectivity index (χ0n) is 18.3. The highest BCUT2D eigenvalue weighted by Gasteiger charge is 2.36. The van der Waals surface area contributed by atoms with Crippen LogP contribution in [0.2, 0.25) is 0 Å². The number of aromatic nitrogens is 4. The summed E-state index contributed by atoms with van der Waals surface area (Å²) in [6.45, 7) is 0. The van der Waals surface area contributed by atoms with E-state index in [1.807, 2.05) is 0 Å². The van der Waals surface area contributed by atoms with E-state index in [2.05, 4.69) is 15.2 Å². The number of carboxylic acids is 1. The minimum Gasteiger partial charge on any atom is -0.478 e. The zero-order chi connectivity index (χ0) is 24.9. The van der Waals surface area contributed by atoms with E-state index in [1.165, 1.54) is 18.5 Å². The van der Waals surface area contributed by atoms with Crippen molar-refractivity contribution in [1.82, 2.24) is 19.7 Å². The van der Waals surface area contributed by atoms with Crippen molar-refractivity contribution < 1.29 is 31.9 Å². The molecule has 0 amide bonds. The molecule has 5 aromatic rings. The first-order valence-corrected chi connectivity index (χ1v) is 10.1. The normalized spacial score (nSPS) is 11.5. The lowest BCUT2D eigenvalue weighted by molar-refractivity contribution is -0.136. The van der Waals surface area contributed by atoms with Crippen molar-refractivity contribution in [3.63, 3.8) is 0 Å².